The van der Waals surface area contributed by atoms with Crippen LogP contribution >= 0.6 is 0 Å². The first kappa shape index (κ1) is 19.4. The number of esters is 1. The molecule has 5 nitrogen and oxygen atoms in total. The van der Waals surface area contributed by atoms with E-state index in [9.17, 15) is 9.90 Å². The molecule has 0 amide bonds. The zero-order valence-corrected chi connectivity index (χ0v) is 15.4. The summed E-state index contributed by atoms with van der Waals surface area (Å²) < 4.78 is 5.21. The van der Waals surface area contributed by atoms with E-state index in [0.717, 1.165) is 5.56 Å². The molecule has 0 saturated heterocycles. The third-order valence-corrected chi connectivity index (χ3v) is 3.69. The molecule has 0 spiro atoms. The summed E-state index contributed by atoms with van der Waals surface area (Å²) in [6.07, 6.45) is 2.58. The Morgan fingerprint density at radius 2 is 1.73 bits per heavy atom. The van der Waals surface area contributed by atoms with Gasteiger partial charge in [-0.15, -0.1) is 6.58 Å². The van der Waals surface area contributed by atoms with E-state index in [1.165, 1.54) is 0 Å². The minimum absolute atomic E-state index is 0.188. The van der Waals surface area contributed by atoms with E-state index in [2.05, 4.69) is 16.8 Å². The summed E-state index contributed by atoms with van der Waals surface area (Å²) in [5.41, 5.74) is 1.93. The van der Waals surface area contributed by atoms with Gasteiger partial charge in [0.2, 0.25) is 0 Å². The number of azo groups is 1. The van der Waals surface area contributed by atoms with Gasteiger partial charge >= 0.3 is 5.97 Å². The molecular formula is C21H24N2O3. The van der Waals surface area contributed by atoms with Gasteiger partial charge in [0.15, 0.2) is 0 Å². The van der Waals surface area contributed by atoms with Crippen LogP contribution < -0.4 is 4.74 Å². The van der Waals surface area contributed by atoms with Crippen LogP contribution in [-0.4, -0.2) is 11.1 Å². The third kappa shape index (κ3) is 5.55. The van der Waals surface area contributed by atoms with Crippen molar-refractivity contribution in [2.45, 2.75) is 39.0 Å². The Labute approximate surface area is 154 Å². The highest BCUT2D eigenvalue weighted by Gasteiger charge is 2.18. The summed E-state index contributed by atoms with van der Waals surface area (Å²) in [5, 5.41) is 18.4. The summed E-state index contributed by atoms with van der Waals surface area (Å²) in [7, 11) is 0. The zero-order chi connectivity index (χ0) is 19.2. The molecular weight excluding hydrogens is 328 g/mol. The second-order valence-electron chi connectivity index (χ2n) is 6.95. The molecule has 0 heterocycles. The molecule has 2 aromatic carbocycles. The maximum Gasteiger partial charge on any atom is 0.311 e. The molecule has 0 aliphatic carbocycles. The van der Waals surface area contributed by atoms with Crippen LogP contribution in [0.4, 0.5) is 11.4 Å². The number of hydrogen-bond acceptors (Lipinski definition) is 5. The predicted molar refractivity (Wildman–Crippen MR) is 102 cm³/mol. The van der Waals surface area contributed by atoms with E-state index < -0.39 is 0 Å². The summed E-state index contributed by atoms with van der Waals surface area (Å²) in [5.74, 6) is 0.426. The number of allylic oxidation sites excluding steroid dienone is 1. The van der Waals surface area contributed by atoms with E-state index in [4.69, 9.17) is 4.74 Å². The first-order valence-electron chi connectivity index (χ1n) is 8.46. The van der Waals surface area contributed by atoms with E-state index in [-0.39, 0.29) is 17.1 Å². The maximum atomic E-state index is 11.6. The molecule has 0 unspecified atom stereocenters. The fraction of sp³-hybridized carbons (Fsp3) is 0.286. The molecule has 26 heavy (non-hydrogen) atoms. The van der Waals surface area contributed by atoms with Gasteiger partial charge in [0.25, 0.3) is 0 Å². The summed E-state index contributed by atoms with van der Waals surface area (Å²) >= 11 is 0. The molecule has 0 atom stereocenters. The van der Waals surface area contributed by atoms with Crippen LogP contribution in [0.1, 0.15) is 39.2 Å². The normalized spacial score (nSPS) is 11.5. The van der Waals surface area contributed by atoms with Gasteiger partial charge in [-0.2, -0.15) is 10.2 Å². The van der Waals surface area contributed by atoms with Crippen molar-refractivity contribution < 1.29 is 14.6 Å². The van der Waals surface area contributed by atoms with Gasteiger partial charge in [0.05, 0.1) is 11.4 Å². The van der Waals surface area contributed by atoms with Gasteiger partial charge in [-0.1, -0.05) is 26.8 Å². The van der Waals surface area contributed by atoms with Crippen LogP contribution in [0, 0.1) is 0 Å². The van der Waals surface area contributed by atoms with E-state index in [1.807, 2.05) is 26.8 Å². The lowest BCUT2D eigenvalue weighted by Crippen LogP contribution is -2.10. The molecule has 136 valence electrons. The number of rotatable bonds is 6. The monoisotopic (exact) mass is 352 g/mol. The fourth-order valence-electron chi connectivity index (χ4n) is 2.29. The number of phenolic OH excluding ortho intramolecular Hbond substituents is 1. The highest BCUT2D eigenvalue weighted by Crippen LogP contribution is 2.34. The largest absolute Gasteiger partial charge is 0.508 e. The zero-order valence-electron chi connectivity index (χ0n) is 15.4. The Kier molecular flexibility index (Phi) is 6.28. The summed E-state index contributed by atoms with van der Waals surface area (Å²) in [6.45, 7) is 9.65. The minimum atomic E-state index is -0.293. The first-order valence-corrected chi connectivity index (χ1v) is 8.46. The number of nitrogens with zero attached hydrogens (tertiary/aromatic N) is 2. The van der Waals surface area contributed by atoms with E-state index in [0.29, 0.717) is 30.0 Å². The van der Waals surface area contributed by atoms with Gasteiger partial charge in [0, 0.05) is 12.0 Å². The molecule has 0 aromatic heterocycles. The van der Waals surface area contributed by atoms with Crippen molar-refractivity contribution >= 4 is 17.3 Å². The Hall–Kier alpha value is -2.95. The molecule has 2 rings (SSSR count). The first-order chi connectivity index (χ1) is 12.3. The Morgan fingerprint density at radius 3 is 2.35 bits per heavy atom. The number of ether oxygens (including phenoxy) is 1. The highest BCUT2D eigenvalue weighted by molar-refractivity contribution is 5.72. The number of phenols is 1. The smallest absolute Gasteiger partial charge is 0.311 e. The molecule has 5 heteroatoms. The van der Waals surface area contributed by atoms with Crippen molar-refractivity contribution in [2.24, 2.45) is 10.2 Å². The number of carbonyl (C=O) groups excluding carboxylic acids is 1. The molecule has 2 aromatic rings. The number of aromatic hydroxyl groups is 1. The average Bonchev–Trinajstić information content (AvgIpc) is 2.59. The SMILES string of the molecule is C=CCCC(=O)Oc1ccc(N=Nc2ccc(O)c(C(C)(C)C)c2)cc1. The Balaban J connectivity index is 2.07. The minimum Gasteiger partial charge on any atom is -0.508 e. The Bertz CT molecular complexity index is 803. The predicted octanol–water partition coefficient (Wildman–Crippen LogP) is 5.98. The van der Waals surface area contributed by atoms with Gasteiger partial charge in [-0.05, 0) is 54.3 Å². The lowest BCUT2D eigenvalue weighted by atomic mass is 9.86. The van der Waals surface area contributed by atoms with Crippen LogP contribution in [0.2, 0.25) is 0 Å². The van der Waals surface area contributed by atoms with Crippen molar-refractivity contribution in [3.05, 3.63) is 60.7 Å². The highest BCUT2D eigenvalue weighted by atomic mass is 16.5. The molecule has 0 radical (unpaired) electrons. The number of carbonyl (C=O) groups is 1. The Morgan fingerprint density at radius 1 is 1.12 bits per heavy atom. The van der Waals surface area contributed by atoms with E-state index in [1.54, 1.807) is 42.5 Å². The molecule has 0 aliphatic heterocycles. The number of benzene rings is 2. The van der Waals surface area contributed by atoms with Crippen LogP contribution in [0.25, 0.3) is 0 Å². The number of hydrogen-bond donors (Lipinski definition) is 1. The van der Waals surface area contributed by atoms with Crippen LogP contribution in [0.15, 0.2) is 65.3 Å². The van der Waals surface area contributed by atoms with Crippen molar-refractivity contribution in [2.75, 3.05) is 0 Å². The van der Waals surface area contributed by atoms with Crippen LogP contribution in [0.5, 0.6) is 11.5 Å². The summed E-state index contributed by atoms with van der Waals surface area (Å²) in [4.78, 5) is 11.6. The van der Waals surface area contributed by atoms with Crippen LogP contribution in [-0.2, 0) is 10.2 Å². The molecule has 0 bridgehead atoms. The molecule has 1 N–H and O–H groups in total. The van der Waals surface area contributed by atoms with Crippen molar-refractivity contribution in [1.82, 2.24) is 0 Å². The lowest BCUT2D eigenvalue weighted by Gasteiger charge is -2.20. The standard InChI is InChI=1S/C21H24N2O3/c1-5-6-7-20(25)26-17-11-8-15(9-12-17)22-23-16-10-13-19(24)18(14-16)21(2,3)4/h5,8-14,24H,1,6-7H2,2-4H3. The topological polar surface area (TPSA) is 71.2 Å². The van der Waals surface area contributed by atoms with Crippen molar-refractivity contribution in [3.8, 4) is 11.5 Å². The molecule has 0 aliphatic rings. The van der Waals surface area contributed by atoms with Gasteiger partial charge in [-0.3, -0.25) is 4.79 Å². The lowest BCUT2D eigenvalue weighted by molar-refractivity contribution is -0.134. The van der Waals surface area contributed by atoms with Gasteiger partial charge < -0.3 is 9.84 Å². The van der Waals surface area contributed by atoms with Crippen molar-refractivity contribution in [1.29, 1.82) is 0 Å². The average molecular weight is 352 g/mol. The summed E-state index contributed by atoms with van der Waals surface area (Å²) in [6, 6.07) is 12.0. The van der Waals surface area contributed by atoms with Gasteiger partial charge in [-0.25, -0.2) is 0 Å². The quantitative estimate of drug-likeness (QED) is 0.301. The fourth-order valence-corrected chi connectivity index (χ4v) is 2.29. The van der Waals surface area contributed by atoms with Gasteiger partial charge in [0.1, 0.15) is 11.5 Å². The molecule has 0 saturated carbocycles. The molecule has 0 fully saturated rings. The van der Waals surface area contributed by atoms with E-state index >= 15 is 0 Å². The third-order valence-electron chi connectivity index (χ3n) is 3.69. The maximum absolute atomic E-state index is 11.6. The van der Waals surface area contributed by atoms with Crippen molar-refractivity contribution in [3.63, 3.8) is 0 Å². The second-order valence-corrected chi connectivity index (χ2v) is 6.95. The van der Waals surface area contributed by atoms with Crippen LogP contribution in [0.3, 0.4) is 0 Å². The second kappa shape index (κ2) is 8.43.